The molecule has 1 aromatic rings. The smallest absolute Gasteiger partial charge is 0.0573 e. The molecule has 0 bridgehead atoms. The predicted molar refractivity (Wildman–Crippen MR) is 44.2 cm³/mol. The number of aromatic nitrogens is 1. The zero-order chi connectivity index (χ0) is 7.52. The average Bonchev–Trinajstić information content (AvgIpc) is 2.58. The van der Waals surface area contributed by atoms with Crippen LogP contribution in [0.2, 0.25) is 0 Å². The van der Waals surface area contributed by atoms with E-state index in [0.29, 0.717) is 6.04 Å². The maximum absolute atomic E-state index is 4.30. The second kappa shape index (κ2) is 3.01. The largest absolute Gasteiger partial charge is 0.309 e. The normalized spacial score (nSPS) is 23.8. The molecule has 0 saturated carbocycles. The van der Waals surface area contributed by atoms with E-state index in [1.165, 1.54) is 18.5 Å². The van der Waals surface area contributed by atoms with Gasteiger partial charge in [0.15, 0.2) is 0 Å². The molecule has 2 rings (SSSR count). The van der Waals surface area contributed by atoms with Crippen molar-refractivity contribution in [2.75, 3.05) is 6.54 Å². The maximum atomic E-state index is 4.30. The number of pyridine rings is 1. The van der Waals surface area contributed by atoms with Crippen LogP contribution in [-0.2, 0) is 0 Å². The molecule has 2 heterocycles. The Kier molecular flexibility index (Phi) is 1.86. The molecule has 1 atom stereocenters. The molecule has 0 radical (unpaired) electrons. The fraction of sp³-hybridized carbons (Fsp3) is 0.444. The molecule has 0 unspecified atom stereocenters. The van der Waals surface area contributed by atoms with Gasteiger partial charge in [-0.1, -0.05) is 6.07 Å². The molecule has 1 aliphatic rings. The minimum absolute atomic E-state index is 0.510. The molecule has 11 heavy (non-hydrogen) atoms. The van der Waals surface area contributed by atoms with Crippen molar-refractivity contribution in [3.63, 3.8) is 0 Å². The van der Waals surface area contributed by atoms with Gasteiger partial charge in [0.2, 0.25) is 0 Å². The lowest BCUT2D eigenvalue weighted by Gasteiger charge is -2.07. The van der Waals surface area contributed by atoms with Crippen molar-refractivity contribution in [1.82, 2.24) is 10.3 Å². The Morgan fingerprint density at radius 1 is 1.45 bits per heavy atom. The number of rotatable bonds is 1. The minimum Gasteiger partial charge on any atom is -0.309 e. The molecule has 2 nitrogen and oxygen atoms in total. The molecule has 58 valence electrons. The van der Waals surface area contributed by atoms with Gasteiger partial charge in [0.1, 0.15) is 0 Å². The van der Waals surface area contributed by atoms with Crippen LogP contribution < -0.4 is 5.32 Å². The zero-order valence-electron chi connectivity index (χ0n) is 6.46. The Bertz CT molecular complexity index is 214. The van der Waals surface area contributed by atoms with E-state index in [9.17, 15) is 0 Å². The summed E-state index contributed by atoms with van der Waals surface area (Å²) in [4.78, 5) is 4.30. The highest BCUT2D eigenvalue weighted by molar-refractivity contribution is 5.09. The zero-order valence-corrected chi connectivity index (χ0v) is 6.46. The SMILES string of the molecule is c1ccc([C@H]2CCCN2)nc1. The van der Waals surface area contributed by atoms with Crippen LogP contribution in [0.5, 0.6) is 0 Å². The third-order valence-electron chi connectivity index (χ3n) is 2.11. The van der Waals surface area contributed by atoms with Crippen LogP contribution in [0.1, 0.15) is 24.6 Å². The van der Waals surface area contributed by atoms with Gasteiger partial charge in [-0.05, 0) is 31.5 Å². The number of hydrogen-bond acceptors (Lipinski definition) is 2. The van der Waals surface area contributed by atoms with Gasteiger partial charge in [-0.3, -0.25) is 4.98 Å². The van der Waals surface area contributed by atoms with Crippen LogP contribution >= 0.6 is 0 Å². The van der Waals surface area contributed by atoms with Crippen molar-refractivity contribution in [1.29, 1.82) is 0 Å². The van der Waals surface area contributed by atoms with Crippen LogP contribution in [0.4, 0.5) is 0 Å². The summed E-state index contributed by atoms with van der Waals surface area (Å²) in [6.45, 7) is 1.14. The first kappa shape index (κ1) is 6.80. The molecule has 0 amide bonds. The Morgan fingerprint density at radius 2 is 2.45 bits per heavy atom. The van der Waals surface area contributed by atoms with Crippen LogP contribution in [0.25, 0.3) is 0 Å². The second-order valence-corrected chi connectivity index (χ2v) is 2.90. The van der Waals surface area contributed by atoms with Gasteiger partial charge in [-0.25, -0.2) is 0 Å². The highest BCUT2D eigenvalue weighted by atomic mass is 15.0. The lowest BCUT2D eigenvalue weighted by molar-refractivity contribution is 0.628. The van der Waals surface area contributed by atoms with Crippen LogP contribution in [-0.4, -0.2) is 11.5 Å². The van der Waals surface area contributed by atoms with Gasteiger partial charge in [0.05, 0.1) is 5.69 Å². The molecular formula is C9H12N2. The number of nitrogens with zero attached hydrogens (tertiary/aromatic N) is 1. The summed E-state index contributed by atoms with van der Waals surface area (Å²) in [6, 6.07) is 6.60. The lowest BCUT2D eigenvalue weighted by atomic mass is 10.1. The first-order valence-electron chi connectivity index (χ1n) is 4.11. The van der Waals surface area contributed by atoms with Crippen molar-refractivity contribution in [3.05, 3.63) is 30.1 Å². The molecule has 2 heteroatoms. The molecule has 0 aliphatic carbocycles. The van der Waals surface area contributed by atoms with Gasteiger partial charge in [-0.15, -0.1) is 0 Å². The maximum Gasteiger partial charge on any atom is 0.0573 e. The van der Waals surface area contributed by atoms with E-state index in [4.69, 9.17) is 0 Å². The summed E-state index contributed by atoms with van der Waals surface area (Å²) in [5.41, 5.74) is 1.19. The summed E-state index contributed by atoms with van der Waals surface area (Å²) in [7, 11) is 0. The molecular weight excluding hydrogens is 136 g/mol. The van der Waals surface area contributed by atoms with E-state index in [1.807, 2.05) is 18.3 Å². The Labute approximate surface area is 66.7 Å². The van der Waals surface area contributed by atoms with Crippen molar-refractivity contribution in [2.45, 2.75) is 18.9 Å². The van der Waals surface area contributed by atoms with Gasteiger partial charge in [-0.2, -0.15) is 0 Å². The second-order valence-electron chi connectivity index (χ2n) is 2.90. The van der Waals surface area contributed by atoms with E-state index in [2.05, 4.69) is 16.4 Å². The Hall–Kier alpha value is -0.890. The third kappa shape index (κ3) is 1.40. The van der Waals surface area contributed by atoms with Crippen molar-refractivity contribution in [2.24, 2.45) is 0 Å². The Morgan fingerprint density at radius 3 is 3.09 bits per heavy atom. The highest BCUT2D eigenvalue weighted by Crippen LogP contribution is 2.19. The highest BCUT2D eigenvalue weighted by Gasteiger charge is 2.15. The summed E-state index contributed by atoms with van der Waals surface area (Å²) in [5, 5.41) is 3.41. The summed E-state index contributed by atoms with van der Waals surface area (Å²) < 4.78 is 0. The predicted octanol–water partition coefficient (Wildman–Crippen LogP) is 1.51. The van der Waals surface area contributed by atoms with Gasteiger partial charge in [0, 0.05) is 12.2 Å². The summed E-state index contributed by atoms with van der Waals surface area (Å²) in [5.74, 6) is 0. The van der Waals surface area contributed by atoms with E-state index in [0.717, 1.165) is 6.54 Å². The first-order chi connectivity index (χ1) is 5.47. The molecule has 0 aromatic carbocycles. The van der Waals surface area contributed by atoms with Crippen LogP contribution in [0, 0.1) is 0 Å². The van der Waals surface area contributed by atoms with E-state index in [-0.39, 0.29) is 0 Å². The van der Waals surface area contributed by atoms with Gasteiger partial charge >= 0.3 is 0 Å². The van der Waals surface area contributed by atoms with Crippen LogP contribution in [0.15, 0.2) is 24.4 Å². The standard InChI is InChI=1S/C9H12N2/c1-2-6-10-8(4-1)9-5-3-7-11-9/h1-2,4,6,9,11H,3,5,7H2/t9-/m1/s1. The fourth-order valence-electron chi connectivity index (χ4n) is 1.52. The summed E-state index contributed by atoms with van der Waals surface area (Å²) >= 11 is 0. The third-order valence-corrected chi connectivity index (χ3v) is 2.11. The van der Waals surface area contributed by atoms with E-state index in [1.54, 1.807) is 0 Å². The Balaban J connectivity index is 2.16. The first-order valence-corrected chi connectivity index (χ1v) is 4.11. The van der Waals surface area contributed by atoms with Gasteiger partial charge < -0.3 is 5.32 Å². The summed E-state index contributed by atoms with van der Waals surface area (Å²) in [6.07, 6.45) is 4.37. The van der Waals surface area contributed by atoms with Crippen molar-refractivity contribution >= 4 is 0 Å². The quantitative estimate of drug-likeness (QED) is 0.653. The fourth-order valence-corrected chi connectivity index (χ4v) is 1.52. The molecule has 1 saturated heterocycles. The van der Waals surface area contributed by atoms with E-state index < -0.39 is 0 Å². The van der Waals surface area contributed by atoms with E-state index >= 15 is 0 Å². The van der Waals surface area contributed by atoms with Crippen molar-refractivity contribution < 1.29 is 0 Å². The topological polar surface area (TPSA) is 24.9 Å². The minimum atomic E-state index is 0.510. The molecule has 1 aromatic heterocycles. The monoisotopic (exact) mass is 148 g/mol. The number of nitrogens with one attached hydrogen (secondary N) is 1. The average molecular weight is 148 g/mol. The van der Waals surface area contributed by atoms with Crippen molar-refractivity contribution in [3.8, 4) is 0 Å². The lowest BCUT2D eigenvalue weighted by Crippen LogP contribution is -2.13. The van der Waals surface area contributed by atoms with Gasteiger partial charge in [0.25, 0.3) is 0 Å². The number of hydrogen-bond donors (Lipinski definition) is 1. The van der Waals surface area contributed by atoms with Crippen LogP contribution in [0.3, 0.4) is 0 Å². The molecule has 1 fully saturated rings. The molecule has 0 spiro atoms. The molecule has 1 N–H and O–H groups in total. The molecule has 1 aliphatic heterocycles.